The van der Waals surface area contributed by atoms with Gasteiger partial charge in [0.1, 0.15) is 0 Å². The predicted molar refractivity (Wildman–Crippen MR) is 92.6 cm³/mol. The van der Waals surface area contributed by atoms with Gasteiger partial charge in [-0.3, -0.25) is 4.79 Å². The molecule has 0 atom stereocenters. The van der Waals surface area contributed by atoms with E-state index in [0.717, 1.165) is 5.56 Å². The molecule has 0 saturated heterocycles. The molecule has 0 aliphatic heterocycles. The molecule has 0 saturated carbocycles. The highest BCUT2D eigenvalue weighted by atomic mass is 16.5. The van der Waals surface area contributed by atoms with E-state index in [2.05, 4.69) is 11.4 Å². The van der Waals surface area contributed by atoms with E-state index in [0.29, 0.717) is 22.7 Å². The maximum atomic E-state index is 12.4. The number of carbonyl (C=O) groups is 1. The highest BCUT2D eigenvalue weighted by molar-refractivity contribution is 6.04. The summed E-state index contributed by atoms with van der Waals surface area (Å²) in [5, 5.41) is 12.1. The number of benzene rings is 2. The number of hydrogen-bond donors (Lipinski definition) is 1. The van der Waals surface area contributed by atoms with Crippen molar-refractivity contribution in [1.82, 2.24) is 0 Å². The molecular formula is C19H20N2O3. The Labute approximate surface area is 141 Å². The van der Waals surface area contributed by atoms with Crippen molar-refractivity contribution >= 4 is 11.6 Å². The van der Waals surface area contributed by atoms with Gasteiger partial charge in [0, 0.05) is 11.3 Å². The molecule has 1 amide bonds. The van der Waals surface area contributed by atoms with Gasteiger partial charge in [0.25, 0.3) is 5.91 Å². The number of nitriles is 1. The number of nitrogens with zero attached hydrogens (tertiary/aromatic N) is 1. The minimum Gasteiger partial charge on any atom is -0.493 e. The first-order valence-corrected chi connectivity index (χ1v) is 7.46. The Morgan fingerprint density at radius 2 is 1.79 bits per heavy atom. The van der Waals surface area contributed by atoms with Gasteiger partial charge < -0.3 is 14.8 Å². The first kappa shape index (κ1) is 17.4. The number of amides is 1. The van der Waals surface area contributed by atoms with Gasteiger partial charge in [0.15, 0.2) is 11.5 Å². The van der Waals surface area contributed by atoms with Crippen molar-refractivity contribution in [2.75, 3.05) is 19.5 Å². The summed E-state index contributed by atoms with van der Waals surface area (Å²) in [7, 11) is 3.06. The summed E-state index contributed by atoms with van der Waals surface area (Å²) in [5.74, 6) is 0.791. The smallest absolute Gasteiger partial charge is 0.255 e. The van der Waals surface area contributed by atoms with Crippen LogP contribution in [0, 0.1) is 11.3 Å². The van der Waals surface area contributed by atoms with Crippen molar-refractivity contribution in [2.45, 2.75) is 19.3 Å². The van der Waals surface area contributed by atoms with Crippen LogP contribution in [0.4, 0.5) is 5.69 Å². The Bertz CT molecular complexity index is 791. The molecule has 2 aromatic carbocycles. The fourth-order valence-electron chi connectivity index (χ4n) is 2.23. The molecule has 1 N–H and O–H groups in total. The van der Waals surface area contributed by atoms with Crippen LogP contribution in [-0.2, 0) is 5.41 Å². The Morgan fingerprint density at radius 1 is 1.08 bits per heavy atom. The van der Waals surface area contributed by atoms with E-state index >= 15 is 0 Å². The third-order valence-electron chi connectivity index (χ3n) is 3.77. The van der Waals surface area contributed by atoms with Crippen LogP contribution < -0.4 is 14.8 Å². The number of anilines is 1. The van der Waals surface area contributed by atoms with Crippen LogP contribution in [0.3, 0.4) is 0 Å². The molecule has 0 aliphatic carbocycles. The average molecular weight is 324 g/mol. The van der Waals surface area contributed by atoms with Gasteiger partial charge in [-0.25, -0.2) is 0 Å². The Morgan fingerprint density at radius 3 is 2.42 bits per heavy atom. The molecule has 0 unspecified atom stereocenters. The summed E-state index contributed by atoms with van der Waals surface area (Å²) < 4.78 is 10.4. The standard InChI is InChI=1S/C19H20N2O3/c1-19(2,12-20)14-6-5-7-15(11-14)21-18(22)13-8-9-16(23-3)17(10-13)24-4/h5-11H,1-4H3,(H,21,22). The molecule has 0 bridgehead atoms. The Hall–Kier alpha value is -3.00. The Kier molecular flexibility index (Phi) is 5.10. The predicted octanol–water partition coefficient (Wildman–Crippen LogP) is 3.76. The van der Waals surface area contributed by atoms with E-state index in [9.17, 15) is 10.1 Å². The van der Waals surface area contributed by atoms with Crippen molar-refractivity contribution in [3.05, 3.63) is 53.6 Å². The van der Waals surface area contributed by atoms with Crippen LogP contribution >= 0.6 is 0 Å². The number of hydrogen-bond acceptors (Lipinski definition) is 4. The van der Waals surface area contributed by atoms with Crippen LogP contribution in [-0.4, -0.2) is 20.1 Å². The number of rotatable bonds is 5. The lowest BCUT2D eigenvalue weighted by Gasteiger charge is -2.17. The Balaban J connectivity index is 2.25. The van der Waals surface area contributed by atoms with E-state index < -0.39 is 5.41 Å². The van der Waals surface area contributed by atoms with Crippen LogP contribution in [0.2, 0.25) is 0 Å². The minimum absolute atomic E-state index is 0.261. The molecule has 2 rings (SSSR count). The highest BCUT2D eigenvalue weighted by Crippen LogP contribution is 2.28. The van der Waals surface area contributed by atoms with Crippen LogP contribution in [0.15, 0.2) is 42.5 Å². The molecule has 2 aromatic rings. The van der Waals surface area contributed by atoms with Crippen molar-refractivity contribution in [2.24, 2.45) is 0 Å². The van der Waals surface area contributed by atoms with Crippen LogP contribution in [0.5, 0.6) is 11.5 Å². The lowest BCUT2D eigenvalue weighted by Crippen LogP contribution is -2.16. The molecule has 0 fully saturated rings. The van der Waals surface area contributed by atoms with Gasteiger partial charge in [-0.1, -0.05) is 12.1 Å². The van der Waals surface area contributed by atoms with Crippen LogP contribution in [0.25, 0.3) is 0 Å². The third kappa shape index (κ3) is 3.66. The molecule has 0 aliphatic rings. The SMILES string of the molecule is COc1ccc(C(=O)Nc2cccc(C(C)(C)C#N)c2)cc1OC. The van der Waals surface area contributed by atoms with Gasteiger partial charge in [-0.15, -0.1) is 0 Å². The zero-order valence-corrected chi connectivity index (χ0v) is 14.2. The maximum absolute atomic E-state index is 12.4. The highest BCUT2D eigenvalue weighted by Gasteiger charge is 2.20. The summed E-state index contributed by atoms with van der Waals surface area (Å²) in [6.45, 7) is 3.67. The fraction of sp³-hybridized carbons (Fsp3) is 0.263. The van der Waals surface area contributed by atoms with Crippen LogP contribution in [0.1, 0.15) is 29.8 Å². The zero-order valence-electron chi connectivity index (χ0n) is 14.2. The first-order valence-electron chi connectivity index (χ1n) is 7.46. The van der Waals surface area contributed by atoms with E-state index in [-0.39, 0.29) is 5.91 Å². The summed E-state index contributed by atoms with van der Waals surface area (Å²) in [6, 6.07) is 14.5. The topological polar surface area (TPSA) is 71.3 Å². The van der Waals surface area contributed by atoms with Crippen molar-refractivity contribution in [3.8, 4) is 17.6 Å². The second-order valence-electron chi connectivity index (χ2n) is 5.84. The summed E-state index contributed by atoms with van der Waals surface area (Å²) in [6.07, 6.45) is 0. The van der Waals surface area contributed by atoms with Gasteiger partial charge >= 0.3 is 0 Å². The van der Waals surface area contributed by atoms with E-state index in [1.807, 2.05) is 32.0 Å². The van der Waals surface area contributed by atoms with Gasteiger partial charge in [-0.2, -0.15) is 5.26 Å². The molecule has 0 aromatic heterocycles. The third-order valence-corrected chi connectivity index (χ3v) is 3.77. The minimum atomic E-state index is -0.621. The lowest BCUT2D eigenvalue weighted by molar-refractivity contribution is 0.102. The van der Waals surface area contributed by atoms with Gasteiger partial charge in [0.2, 0.25) is 0 Å². The van der Waals surface area contributed by atoms with E-state index in [1.54, 1.807) is 31.4 Å². The van der Waals surface area contributed by atoms with E-state index in [4.69, 9.17) is 9.47 Å². The molecule has 124 valence electrons. The normalized spacial score (nSPS) is 10.6. The molecule has 0 spiro atoms. The maximum Gasteiger partial charge on any atom is 0.255 e. The van der Waals surface area contributed by atoms with Crippen molar-refractivity contribution in [3.63, 3.8) is 0 Å². The van der Waals surface area contributed by atoms with Gasteiger partial charge in [-0.05, 0) is 49.7 Å². The summed E-state index contributed by atoms with van der Waals surface area (Å²) in [5.41, 5.74) is 1.31. The number of nitrogens with one attached hydrogen (secondary N) is 1. The van der Waals surface area contributed by atoms with Crippen molar-refractivity contribution in [1.29, 1.82) is 5.26 Å². The average Bonchev–Trinajstić information content (AvgIpc) is 2.61. The second kappa shape index (κ2) is 7.05. The monoisotopic (exact) mass is 324 g/mol. The molecule has 24 heavy (non-hydrogen) atoms. The van der Waals surface area contributed by atoms with Crippen molar-refractivity contribution < 1.29 is 14.3 Å². The molecule has 0 heterocycles. The fourth-order valence-corrected chi connectivity index (χ4v) is 2.23. The molecular weight excluding hydrogens is 304 g/mol. The first-order chi connectivity index (χ1) is 11.4. The zero-order chi connectivity index (χ0) is 17.7. The quantitative estimate of drug-likeness (QED) is 0.909. The second-order valence-corrected chi connectivity index (χ2v) is 5.84. The molecule has 0 radical (unpaired) electrons. The lowest BCUT2D eigenvalue weighted by atomic mass is 9.86. The largest absolute Gasteiger partial charge is 0.493 e. The number of methoxy groups -OCH3 is 2. The summed E-state index contributed by atoms with van der Waals surface area (Å²) in [4.78, 5) is 12.4. The number of carbonyl (C=O) groups excluding carboxylic acids is 1. The molecule has 5 heteroatoms. The summed E-state index contributed by atoms with van der Waals surface area (Å²) >= 11 is 0. The van der Waals surface area contributed by atoms with E-state index in [1.165, 1.54) is 7.11 Å². The number of ether oxygens (including phenoxy) is 2. The van der Waals surface area contributed by atoms with Gasteiger partial charge in [0.05, 0.1) is 25.7 Å². The molecule has 5 nitrogen and oxygen atoms in total.